The number of sulfone groups is 1. The molecule has 1 amide bonds. The Balaban J connectivity index is 2.73. The minimum absolute atomic E-state index is 0.107. The molecule has 0 bridgehead atoms. The second kappa shape index (κ2) is 5.76. The fourth-order valence-corrected chi connectivity index (χ4v) is 4.48. The molecule has 0 aromatic heterocycles. The van der Waals surface area contributed by atoms with Crippen LogP contribution in [0.4, 0.5) is 4.79 Å². The Bertz CT molecular complexity index is 486. The number of carbonyl (C=O) groups is 1. The Morgan fingerprint density at radius 2 is 1.71 bits per heavy atom. The van der Waals surface area contributed by atoms with Gasteiger partial charge in [0, 0.05) is 12.6 Å². The quantitative estimate of drug-likeness (QED) is 0.808. The summed E-state index contributed by atoms with van der Waals surface area (Å²) < 4.78 is 33.7. The van der Waals surface area contributed by atoms with E-state index in [1.807, 2.05) is 20.8 Å². The molecule has 1 N–H and O–H groups in total. The zero-order valence-electron chi connectivity index (χ0n) is 13.8. The van der Waals surface area contributed by atoms with Crippen LogP contribution in [0.15, 0.2) is 0 Å². The van der Waals surface area contributed by atoms with Gasteiger partial charge in [-0.1, -0.05) is 0 Å². The summed E-state index contributed by atoms with van der Waals surface area (Å²) in [4.78, 5) is 11.7. The van der Waals surface area contributed by atoms with E-state index in [-0.39, 0.29) is 13.2 Å². The normalized spacial score (nSPS) is 18.2. The molecule has 124 valence electrons. The van der Waals surface area contributed by atoms with Gasteiger partial charge in [-0.15, -0.1) is 0 Å². The molecule has 0 radical (unpaired) electrons. The maximum Gasteiger partial charge on any atom is 0.407 e. The van der Waals surface area contributed by atoms with E-state index in [0.29, 0.717) is 12.8 Å². The van der Waals surface area contributed by atoms with Crippen LogP contribution in [0, 0.1) is 0 Å². The van der Waals surface area contributed by atoms with E-state index < -0.39 is 31.0 Å². The third-order valence-corrected chi connectivity index (χ3v) is 6.78. The molecule has 1 aliphatic rings. The maximum atomic E-state index is 12.7. The van der Waals surface area contributed by atoms with E-state index >= 15 is 0 Å². The number of hydrogen-bond acceptors (Lipinski definition) is 5. The fourth-order valence-electron chi connectivity index (χ4n) is 2.18. The van der Waals surface area contributed by atoms with Crippen molar-refractivity contribution in [1.82, 2.24) is 5.32 Å². The van der Waals surface area contributed by atoms with Gasteiger partial charge in [-0.25, -0.2) is 13.2 Å². The number of carbonyl (C=O) groups excluding carboxylic acids is 1. The number of methoxy groups -OCH3 is 1. The van der Waals surface area contributed by atoms with Crippen LogP contribution in [-0.2, 0) is 19.3 Å². The molecule has 0 atom stereocenters. The van der Waals surface area contributed by atoms with Gasteiger partial charge in [0.05, 0.1) is 11.4 Å². The Labute approximate surface area is 127 Å². The van der Waals surface area contributed by atoms with E-state index in [9.17, 15) is 13.2 Å². The van der Waals surface area contributed by atoms with Crippen molar-refractivity contribution in [3.05, 3.63) is 0 Å². The Morgan fingerprint density at radius 3 is 2.10 bits per heavy atom. The number of alkyl carbamates (subject to hydrolysis) is 1. The number of ether oxygens (including phenoxy) is 2. The van der Waals surface area contributed by atoms with Gasteiger partial charge in [-0.05, 0) is 47.5 Å². The van der Waals surface area contributed by atoms with E-state index in [1.165, 1.54) is 7.11 Å². The first kappa shape index (κ1) is 18.2. The van der Waals surface area contributed by atoms with Gasteiger partial charge in [-0.3, -0.25) is 0 Å². The van der Waals surface area contributed by atoms with Gasteiger partial charge in [-0.2, -0.15) is 0 Å². The standard InChI is InChI=1S/C14H27NO5S/c1-12(2,3)15-11(16)20-10-14(7-8-14)21(17,18)13(4,5)9-19-6/h7-10H2,1-6H3,(H,15,16). The van der Waals surface area contributed by atoms with Crippen LogP contribution in [0.1, 0.15) is 47.5 Å². The van der Waals surface area contributed by atoms with Gasteiger partial charge in [0.25, 0.3) is 0 Å². The average Bonchev–Trinajstić information content (AvgIpc) is 3.04. The monoisotopic (exact) mass is 321 g/mol. The molecule has 0 aromatic rings. The molecule has 6 nitrogen and oxygen atoms in total. The van der Waals surface area contributed by atoms with Gasteiger partial charge in [0.1, 0.15) is 11.4 Å². The van der Waals surface area contributed by atoms with E-state index in [1.54, 1.807) is 13.8 Å². The fraction of sp³-hybridized carbons (Fsp3) is 0.929. The highest BCUT2D eigenvalue weighted by molar-refractivity contribution is 7.94. The first-order valence-corrected chi connectivity index (χ1v) is 8.53. The molecule has 1 rings (SSSR count). The van der Waals surface area contributed by atoms with Crippen molar-refractivity contribution in [2.45, 2.75) is 62.5 Å². The lowest BCUT2D eigenvalue weighted by atomic mass is 10.1. The van der Waals surface area contributed by atoms with E-state index in [0.717, 1.165) is 0 Å². The SMILES string of the molecule is COCC(C)(C)S(=O)(=O)C1(COC(=O)NC(C)(C)C)CC1. The summed E-state index contributed by atoms with van der Waals surface area (Å²) in [6.07, 6.45) is 0.449. The minimum atomic E-state index is -3.46. The molecule has 0 aromatic carbocycles. The van der Waals surface area contributed by atoms with Crippen molar-refractivity contribution in [3.63, 3.8) is 0 Å². The van der Waals surface area contributed by atoms with Crippen molar-refractivity contribution >= 4 is 15.9 Å². The van der Waals surface area contributed by atoms with Gasteiger partial charge >= 0.3 is 6.09 Å². The average molecular weight is 321 g/mol. The summed E-state index contributed by atoms with van der Waals surface area (Å²) in [6.45, 7) is 8.79. The molecule has 1 fully saturated rings. The maximum absolute atomic E-state index is 12.7. The molecule has 7 heteroatoms. The Kier molecular flexibility index (Phi) is 5.00. The van der Waals surface area contributed by atoms with E-state index in [4.69, 9.17) is 9.47 Å². The number of hydrogen-bond donors (Lipinski definition) is 1. The van der Waals surface area contributed by atoms with Crippen molar-refractivity contribution < 1.29 is 22.7 Å². The largest absolute Gasteiger partial charge is 0.448 e. The van der Waals surface area contributed by atoms with Gasteiger partial charge in [0.2, 0.25) is 0 Å². The van der Waals surface area contributed by atoms with Crippen LogP contribution in [0.5, 0.6) is 0 Å². The molecular weight excluding hydrogens is 294 g/mol. The van der Waals surface area contributed by atoms with Crippen LogP contribution in [-0.4, -0.2) is 49.9 Å². The summed E-state index contributed by atoms with van der Waals surface area (Å²) in [5, 5.41) is 2.65. The molecule has 0 saturated heterocycles. The van der Waals surface area contributed by atoms with Gasteiger partial charge < -0.3 is 14.8 Å². The zero-order chi connectivity index (χ0) is 16.5. The third kappa shape index (κ3) is 4.10. The number of nitrogens with one attached hydrogen (secondary N) is 1. The summed E-state index contributed by atoms with van der Waals surface area (Å²) in [6, 6.07) is 0. The smallest absolute Gasteiger partial charge is 0.407 e. The summed E-state index contributed by atoms with van der Waals surface area (Å²) in [7, 11) is -1.98. The van der Waals surface area contributed by atoms with E-state index in [2.05, 4.69) is 5.32 Å². The van der Waals surface area contributed by atoms with Crippen molar-refractivity contribution in [2.24, 2.45) is 0 Å². The van der Waals surface area contributed by atoms with Crippen LogP contribution in [0.2, 0.25) is 0 Å². The molecule has 0 spiro atoms. The topological polar surface area (TPSA) is 81.7 Å². The summed E-state index contributed by atoms with van der Waals surface area (Å²) in [5.41, 5.74) is -0.415. The van der Waals surface area contributed by atoms with Crippen LogP contribution < -0.4 is 5.32 Å². The lowest BCUT2D eigenvalue weighted by molar-refractivity contribution is 0.134. The second-order valence-electron chi connectivity index (χ2n) is 7.33. The molecular formula is C14H27NO5S. The molecule has 0 aliphatic heterocycles. The van der Waals surface area contributed by atoms with Crippen LogP contribution in [0.25, 0.3) is 0 Å². The lowest BCUT2D eigenvalue weighted by Crippen LogP contribution is -2.48. The lowest BCUT2D eigenvalue weighted by Gasteiger charge is -2.29. The summed E-state index contributed by atoms with van der Waals surface area (Å²) in [5.74, 6) is 0. The molecule has 0 heterocycles. The molecule has 1 saturated carbocycles. The highest BCUT2D eigenvalue weighted by atomic mass is 32.2. The Hall–Kier alpha value is -0.820. The van der Waals surface area contributed by atoms with Crippen molar-refractivity contribution in [3.8, 4) is 0 Å². The summed E-state index contributed by atoms with van der Waals surface area (Å²) >= 11 is 0. The first-order chi connectivity index (χ1) is 9.37. The van der Waals surface area contributed by atoms with Gasteiger partial charge in [0.15, 0.2) is 9.84 Å². The zero-order valence-corrected chi connectivity index (χ0v) is 14.6. The predicted octanol–water partition coefficient (Wildman–Crippen LogP) is 1.88. The number of rotatable bonds is 6. The van der Waals surface area contributed by atoms with Crippen molar-refractivity contribution in [2.75, 3.05) is 20.3 Å². The molecule has 0 unspecified atom stereocenters. The second-order valence-corrected chi connectivity index (χ2v) is 10.3. The van der Waals surface area contributed by atoms with Crippen LogP contribution in [0.3, 0.4) is 0 Å². The number of amides is 1. The molecule has 21 heavy (non-hydrogen) atoms. The van der Waals surface area contributed by atoms with Crippen molar-refractivity contribution in [1.29, 1.82) is 0 Å². The third-order valence-electron chi connectivity index (χ3n) is 3.54. The highest BCUT2D eigenvalue weighted by Gasteiger charge is 2.60. The minimum Gasteiger partial charge on any atom is -0.448 e. The first-order valence-electron chi connectivity index (χ1n) is 7.05. The predicted molar refractivity (Wildman–Crippen MR) is 81.1 cm³/mol. The Morgan fingerprint density at radius 1 is 1.19 bits per heavy atom. The highest BCUT2D eigenvalue weighted by Crippen LogP contribution is 2.48. The van der Waals surface area contributed by atoms with Crippen LogP contribution >= 0.6 is 0 Å². The molecule has 1 aliphatic carbocycles.